The van der Waals surface area contributed by atoms with Crippen LogP contribution in [0.4, 0.5) is 10.8 Å². The van der Waals surface area contributed by atoms with Crippen molar-refractivity contribution in [1.29, 1.82) is 0 Å². The number of sulfone groups is 1. The highest BCUT2D eigenvalue weighted by Crippen LogP contribution is 2.30. The molecule has 0 N–H and O–H groups in total. The number of nitrogens with zero attached hydrogens (tertiary/aromatic N) is 3. The molecule has 0 bridgehead atoms. The molecule has 2 heterocycles. The lowest BCUT2D eigenvalue weighted by Gasteiger charge is -2.31. The third-order valence-electron chi connectivity index (χ3n) is 5.59. The highest BCUT2D eigenvalue weighted by molar-refractivity contribution is 7.92. The van der Waals surface area contributed by atoms with Gasteiger partial charge in [-0.1, -0.05) is 12.1 Å². The molecular weight excluding hydrogens is 450 g/mol. The molecular formula is C22H23N3O5S2. The molecule has 1 fully saturated rings. The van der Waals surface area contributed by atoms with Gasteiger partial charge in [0, 0.05) is 37.0 Å². The molecule has 1 saturated heterocycles. The van der Waals surface area contributed by atoms with Crippen LogP contribution in [-0.2, 0) is 16.3 Å². The summed E-state index contributed by atoms with van der Waals surface area (Å²) in [7, 11) is -1.89. The number of aromatic nitrogens is 1. The number of ether oxygens (including phenoxy) is 1. The van der Waals surface area contributed by atoms with Crippen LogP contribution in [0.15, 0.2) is 58.8 Å². The Balaban J connectivity index is 1.39. The average Bonchev–Trinajstić information content (AvgIpc) is 3.27. The summed E-state index contributed by atoms with van der Waals surface area (Å²) >= 11 is 1.56. The number of benzene rings is 2. The fourth-order valence-corrected chi connectivity index (χ4v) is 6.43. The number of nitro groups is 1. The zero-order valence-electron chi connectivity index (χ0n) is 17.5. The van der Waals surface area contributed by atoms with Gasteiger partial charge in [0.25, 0.3) is 5.69 Å². The molecule has 1 aliphatic rings. The van der Waals surface area contributed by atoms with Gasteiger partial charge in [0.05, 0.1) is 27.9 Å². The number of hydrogen-bond donors (Lipinski definition) is 0. The summed E-state index contributed by atoms with van der Waals surface area (Å²) in [6.07, 6.45) is 1.69. The topological polar surface area (TPSA) is 103 Å². The Morgan fingerprint density at radius 2 is 1.91 bits per heavy atom. The van der Waals surface area contributed by atoms with Crippen molar-refractivity contribution in [3.63, 3.8) is 0 Å². The van der Waals surface area contributed by atoms with Crippen LogP contribution in [0.5, 0.6) is 5.75 Å². The number of thiazole rings is 1. The van der Waals surface area contributed by atoms with Gasteiger partial charge >= 0.3 is 0 Å². The largest absolute Gasteiger partial charge is 0.497 e. The van der Waals surface area contributed by atoms with Crippen molar-refractivity contribution in [2.45, 2.75) is 29.4 Å². The number of hydrogen-bond acceptors (Lipinski definition) is 8. The van der Waals surface area contributed by atoms with Crippen molar-refractivity contribution < 1.29 is 18.1 Å². The van der Waals surface area contributed by atoms with Crippen molar-refractivity contribution in [3.8, 4) is 5.75 Å². The Bertz CT molecular complexity index is 1200. The molecule has 4 rings (SSSR count). The summed E-state index contributed by atoms with van der Waals surface area (Å²) in [5.41, 5.74) is 1.97. The minimum atomic E-state index is -3.53. The van der Waals surface area contributed by atoms with Crippen molar-refractivity contribution in [2.75, 3.05) is 25.1 Å². The lowest BCUT2D eigenvalue weighted by Crippen LogP contribution is -2.39. The predicted molar refractivity (Wildman–Crippen MR) is 123 cm³/mol. The Morgan fingerprint density at radius 3 is 2.56 bits per heavy atom. The molecule has 0 spiro atoms. The first-order valence-corrected chi connectivity index (χ1v) is 12.6. The maximum absolute atomic E-state index is 13.0. The molecule has 1 aliphatic heterocycles. The summed E-state index contributed by atoms with van der Waals surface area (Å²) in [5, 5.41) is 13.2. The first kappa shape index (κ1) is 22.2. The van der Waals surface area contributed by atoms with Gasteiger partial charge in [-0.25, -0.2) is 13.4 Å². The molecule has 32 heavy (non-hydrogen) atoms. The van der Waals surface area contributed by atoms with E-state index < -0.39 is 20.0 Å². The van der Waals surface area contributed by atoms with E-state index in [2.05, 4.69) is 4.90 Å². The summed E-state index contributed by atoms with van der Waals surface area (Å²) in [5.74, 6) is 0.814. The highest BCUT2D eigenvalue weighted by atomic mass is 32.2. The van der Waals surface area contributed by atoms with E-state index in [1.165, 1.54) is 24.3 Å². The number of nitro benzene ring substituents is 1. The van der Waals surface area contributed by atoms with Gasteiger partial charge in [-0.3, -0.25) is 10.1 Å². The normalized spacial score (nSPS) is 15.0. The van der Waals surface area contributed by atoms with E-state index in [1.54, 1.807) is 18.4 Å². The second-order valence-corrected chi connectivity index (χ2v) is 10.7. The second-order valence-electron chi connectivity index (χ2n) is 7.63. The molecule has 168 valence electrons. The van der Waals surface area contributed by atoms with Gasteiger partial charge in [-0.05, 0) is 42.7 Å². The standard InChI is InChI=1S/C22H23N3O5S2/c1-30-19-4-2-3-16(14-19)13-17-15-31-22(23-17)24-11-9-21(10-12-24)32(28,29)20-7-5-18(6-8-20)25(26)27/h2-8,14-15,21H,9-13H2,1H3. The molecule has 0 unspecified atom stereocenters. The van der Waals surface area contributed by atoms with E-state index in [1.807, 2.05) is 29.6 Å². The van der Waals surface area contributed by atoms with Gasteiger partial charge in [-0.2, -0.15) is 0 Å². The zero-order chi connectivity index (χ0) is 22.7. The van der Waals surface area contributed by atoms with E-state index in [0.717, 1.165) is 22.1 Å². The minimum absolute atomic E-state index is 0.118. The van der Waals surface area contributed by atoms with E-state index in [4.69, 9.17) is 9.72 Å². The summed E-state index contributed by atoms with van der Waals surface area (Å²) in [6.45, 7) is 1.20. The number of non-ortho nitro benzene ring substituents is 1. The van der Waals surface area contributed by atoms with Crippen molar-refractivity contribution in [1.82, 2.24) is 4.98 Å². The fraction of sp³-hybridized carbons (Fsp3) is 0.318. The van der Waals surface area contributed by atoms with Gasteiger partial charge < -0.3 is 9.64 Å². The fourth-order valence-electron chi connectivity index (χ4n) is 3.82. The summed E-state index contributed by atoms with van der Waals surface area (Å²) in [6, 6.07) is 13.0. The van der Waals surface area contributed by atoms with Crippen LogP contribution in [0.2, 0.25) is 0 Å². The van der Waals surface area contributed by atoms with E-state index in [9.17, 15) is 18.5 Å². The molecule has 0 radical (unpaired) electrons. The molecule has 0 amide bonds. The van der Waals surface area contributed by atoms with Gasteiger partial charge in [-0.15, -0.1) is 11.3 Å². The molecule has 0 aliphatic carbocycles. The lowest BCUT2D eigenvalue weighted by atomic mass is 10.1. The highest BCUT2D eigenvalue weighted by Gasteiger charge is 2.32. The third-order valence-corrected chi connectivity index (χ3v) is 8.81. The Labute approximate surface area is 190 Å². The second kappa shape index (κ2) is 9.25. The molecule has 10 heteroatoms. The van der Waals surface area contributed by atoms with E-state index in [0.29, 0.717) is 32.4 Å². The maximum Gasteiger partial charge on any atom is 0.269 e. The van der Waals surface area contributed by atoms with Crippen LogP contribution in [0, 0.1) is 10.1 Å². The summed E-state index contributed by atoms with van der Waals surface area (Å²) < 4.78 is 31.2. The Hall–Kier alpha value is -2.98. The van der Waals surface area contributed by atoms with Crippen LogP contribution < -0.4 is 9.64 Å². The lowest BCUT2D eigenvalue weighted by molar-refractivity contribution is -0.384. The Morgan fingerprint density at radius 1 is 1.19 bits per heavy atom. The first-order chi connectivity index (χ1) is 15.4. The SMILES string of the molecule is COc1cccc(Cc2csc(N3CCC(S(=O)(=O)c4ccc([N+](=O)[O-])cc4)CC3)n2)c1. The van der Waals surface area contributed by atoms with Crippen LogP contribution in [-0.4, -0.2) is 43.8 Å². The Kier molecular flexibility index (Phi) is 6.43. The third kappa shape index (κ3) is 4.76. The average molecular weight is 474 g/mol. The van der Waals surface area contributed by atoms with Crippen LogP contribution in [0.3, 0.4) is 0 Å². The molecule has 1 aromatic heterocycles. The van der Waals surface area contributed by atoms with Crippen molar-refractivity contribution in [3.05, 3.63) is 75.3 Å². The quantitative estimate of drug-likeness (QED) is 0.376. The summed E-state index contributed by atoms with van der Waals surface area (Å²) in [4.78, 5) is 17.3. The van der Waals surface area contributed by atoms with Crippen LogP contribution in [0.1, 0.15) is 24.1 Å². The molecule has 0 saturated carbocycles. The number of piperidine rings is 1. The van der Waals surface area contributed by atoms with Crippen molar-refractivity contribution >= 4 is 32.0 Å². The smallest absolute Gasteiger partial charge is 0.269 e. The number of methoxy groups -OCH3 is 1. The predicted octanol–water partition coefficient (Wildman–Crippen LogP) is 4.09. The molecule has 0 atom stereocenters. The van der Waals surface area contributed by atoms with Gasteiger partial charge in [0.1, 0.15) is 5.75 Å². The monoisotopic (exact) mass is 473 g/mol. The van der Waals surface area contributed by atoms with Gasteiger partial charge in [0.15, 0.2) is 15.0 Å². The van der Waals surface area contributed by atoms with Crippen LogP contribution in [0.25, 0.3) is 0 Å². The van der Waals surface area contributed by atoms with E-state index >= 15 is 0 Å². The zero-order valence-corrected chi connectivity index (χ0v) is 19.1. The van der Waals surface area contributed by atoms with Crippen molar-refractivity contribution in [2.24, 2.45) is 0 Å². The number of anilines is 1. The van der Waals surface area contributed by atoms with Gasteiger partial charge in [0.2, 0.25) is 0 Å². The van der Waals surface area contributed by atoms with Crippen LogP contribution >= 0.6 is 11.3 Å². The minimum Gasteiger partial charge on any atom is -0.497 e. The molecule has 2 aromatic carbocycles. The molecule has 8 nitrogen and oxygen atoms in total. The van der Waals surface area contributed by atoms with E-state index in [-0.39, 0.29) is 10.6 Å². The number of rotatable bonds is 7. The molecule has 3 aromatic rings. The maximum atomic E-state index is 13.0. The first-order valence-electron chi connectivity index (χ1n) is 10.2.